The van der Waals surface area contributed by atoms with E-state index in [2.05, 4.69) is 108 Å². The molecule has 0 radical (unpaired) electrons. The molecule has 3 heterocycles. The normalized spacial score (nSPS) is 14.6. The number of nitrogens with zero attached hydrogens (tertiary/aromatic N) is 3. The Morgan fingerprint density at radius 1 is 0.571 bits per heavy atom. The molecule has 6 heteroatoms. The van der Waals surface area contributed by atoms with Gasteiger partial charge < -0.3 is 9.73 Å². The van der Waals surface area contributed by atoms with Crippen molar-refractivity contribution in [3.05, 3.63) is 173 Å². The van der Waals surface area contributed by atoms with Gasteiger partial charge in [0, 0.05) is 30.6 Å². The number of nitrogens with one attached hydrogen (secondary N) is 1. The molecule has 236 valence electrons. The van der Waals surface area contributed by atoms with E-state index in [1.165, 1.54) is 0 Å². The largest absolute Gasteiger partial charge is 0.456 e. The quantitative estimate of drug-likeness (QED) is 0.205. The first-order valence-corrected chi connectivity index (χ1v) is 16.4. The van der Waals surface area contributed by atoms with Gasteiger partial charge in [0.2, 0.25) is 0 Å². The lowest BCUT2D eigenvalue weighted by atomic mass is 9.97. The van der Waals surface area contributed by atoms with Gasteiger partial charge in [0.1, 0.15) is 17.3 Å². The summed E-state index contributed by atoms with van der Waals surface area (Å²) < 4.78 is 9.54. The predicted molar refractivity (Wildman–Crippen MR) is 200 cm³/mol. The van der Waals surface area contributed by atoms with Gasteiger partial charge >= 0.3 is 5.69 Å². The van der Waals surface area contributed by atoms with Gasteiger partial charge in [-0.3, -0.25) is 14.1 Å². The van der Waals surface area contributed by atoms with Crippen LogP contribution in [-0.2, 0) is 14.1 Å². The second kappa shape index (κ2) is 11.4. The number of aliphatic imine (C=N–C) groups is 1. The number of furan rings is 1. The Bertz CT molecular complexity index is 2670. The number of imidazole rings is 1. The molecular weight excluding hydrogens is 604 g/mol. The first kappa shape index (κ1) is 28.8. The summed E-state index contributed by atoms with van der Waals surface area (Å²) in [7, 11) is 3.63. The van der Waals surface area contributed by atoms with Crippen LogP contribution in [0, 0.1) is 0 Å². The summed E-state index contributed by atoms with van der Waals surface area (Å²) >= 11 is 0. The molecule has 8 aromatic rings. The molecule has 0 saturated carbocycles. The van der Waals surface area contributed by atoms with E-state index in [4.69, 9.17) is 9.41 Å². The van der Waals surface area contributed by atoms with Crippen molar-refractivity contribution >= 4 is 44.4 Å². The molecule has 0 fully saturated rings. The maximum atomic E-state index is 12.6. The van der Waals surface area contributed by atoms with E-state index < -0.39 is 0 Å². The molecule has 1 N–H and O–H groups in total. The fourth-order valence-corrected chi connectivity index (χ4v) is 6.94. The number of aryl methyl sites for hydroxylation is 2. The zero-order valence-electron chi connectivity index (χ0n) is 27.1. The highest BCUT2D eigenvalue weighted by molar-refractivity contribution is 6.13. The van der Waals surface area contributed by atoms with Gasteiger partial charge in [-0.1, -0.05) is 103 Å². The minimum atomic E-state index is -0.245. The van der Waals surface area contributed by atoms with E-state index in [0.717, 1.165) is 83.3 Å². The van der Waals surface area contributed by atoms with Crippen LogP contribution in [-0.4, -0.2) is 14.8 Å². The molecule has 1 atom stereocenters. The molecule has 0 saturated heterocycles. The molecule has 2 aromatic heterocycles. The molecule has 0 spiro atoms. The molecule has 49 heavy (non-hydrogen) atoms. The second-order valence-corrected chi connectivity index (χ2v) is 12.6. The van der Waals surface area contributed by atoms with E-state index in [0.29, 0.717) is 0 Å². The van der Waals surface area contributed by atoms with Crippen molar-refractivity contribution in [3.63, 3.8) is 0 Å². The minimum Gasteiger partial charge on any atom is -0.456 e. The van der Waals surface area contributed by atoms with Crippen LogP contribution in [0.5, 0.6) is 0 Å². The van der Waals surface area contributed by atoms with Crippen molar-refractivity contribution in [2.24, 2.45) is 19.1 Å². The first-order chi connectivity index (χ1) is 24.0. The lowest BCUT2D eigenvalue weighted by Gasteiger charge is -2.25. The third-order valence-electron chi connectivity index (χ3n) is 9.63. The van der Waals surface area contributed by atoms with Crippen LogP contribution in [0.4, 0.5) is 0 Å². The third kappa shape index (κ3) is 4.97. The topological polar surface area (TPSA) is 64.5 Å². The summed E-state index contributed by atoms with van der Waals surface area (Å²) in [6.07, 6.45) is 1.89. The number of aromatic nitrogens is 2. The van der Waals surface area contributed by atoms with Crippen molar-refractivity contribution in [3.8, 4) is 22.3 Å². The summed E-state index contributed by atoms with van der Waals surface area (Å²) in [6.45, 7) is 0. The van der Waals surface area contributed by atoms with Gasteiger partial charge in [-0.2, -0.15) is 0 Å². The fraction of sp³-hybridized carbons (Fsp3) is 0.0698. The molecule has 6 aromatic carbocycles. The maximum Gasteiger partial charge on any atom is 0.328 e. The Labute approximate surface area is 282 Å². The van der Waals surface area contributed by atoms with Crippen LogP contribution in [0.25, 0.3) is 60.9 Å². The van der Waals surface area contributed by atoms with Gasteiger partial charge in [-0.05, 0) is 81.4 Å². The summed E-state index contributed by atoms with van der Waals surface area (Å²) in [4.78, 5) is 17.7. The number of para-hydroxylation sites is 1. The Kier molecular flexibility index (Phi) is 6.69. The molecule has 0 bridgehead atoms. The van der Waals surface area contributed by atoms with Gasteiger partial charge in [-0.25, -0.2) is 4.79 Å². The van der Waals surface area contributed by atoms with Crippen molar-refractivity contribution in [1.82, 2.24) is 14.5 Å². The average molecular weight is 637 g/mol. The van der Waals surface area contributed by atoms with Gasteiger partial charge in [-0.15, -0.1) is 0 Å². The van der Waals surface area contributed by atoms with Crippen molar-refractivity contribution < 1.29 is 4.42 Å². The standard InChI is InChI=1S/C43H32N4O2/c1-46-38-22-20-31(24-39(38)47(2)43(46)48)30-11-8-12-33(23-30)37-26-36(44-42(45-37)29-9-4-3-5-10-29)28-17-15-27(16-18-28)32-19-21-35-34-13-6-7-14-40(34)49-41(35)25-32/h3-26,42,45H,1-2H3. The maximum absolute atomic E-state index is 12.6. The van der Waals surface area contributed by atoms with E-state index >= 15 is 0 Å². The summed E-state index contributed by atoms with van der Waals surface area (Å²) in [6, 6.07) is 48.2. The summed E-state index contributed by atoms with van der Waals surface area (Å²) in [5, 5.41) is 5.95. The Morgan fingerprint density at radius 3 is 2.08 bits per heavy atom. The lowest BCUT2D eigenvalue weighted by Crippen LogP contribution is -2.24. The molecule has 0 amide bonds. The van der Waals surface area contributed by atoms with Crippen LogP contribution in [0.1, 0.15) is 22.9 Å². The van der Waals surface area contributed by atoms with Crippen LogP contribution in [0.3, 0.4) is 0 Å². The van der Waals surface area contributed by atoms with E-state index in [1.54, 1.807) is 9.13 Å². The number of hydrogen-bond acceptors (Lipinski definition) is 4. The SMILES string of the molecule is Cn1c(=O)n(C)c2cc(-c3cccc(C4=CC(c5ccc(-c6ccc7c(c6)oc6ccccc67)cc5)=NC(c5ccccc5)N4)c3)ccc21. The first-order valence-electron chi connectivity index (χ1n) is 16.4. The highest BCUT2D eigenvalue weighted by atomic mass is 16.3. The lowest BCUT2D eigenvalue weighted by molar-refractivity contribution is 0.664. The highest BCUT2D eigenvalue weighted by Crippen LogP contribution is 2.34. The van der Waals surface area contributed by atoms with Gasteiger partial charge in [0.05, 0.1) is 16.7 Å². The summed E-state index contributed by atoms with van der Waals surface area (Å²) in [5.74, 6) is 0. The van der Waals surface area contributed by atoms with Gasteiger partial charge in [0.25, 0.3) is 0 Å². The number of allylic oxidation sites excluding steroid dienone is 1. The second-order valence-electron chi connectivity index (χ2n) is 12.6. The van der Waals surface area contributed by atoms with Crippen molar-refractivity contribution in [2.75, 3.05) is 0 Å². The fourth-order valence-electron chi connectivity index (χ4n) is 6.94. The van der Waals surface area contributed by atoms with E-state index in [-0.39, 0.29) is 11.9 Å². The average Bonchev–Trinajstić information content (AvgIpc) is 3.64. The number of rotatable bonds is 5. The number of benzene rings is 6. The van der Waals surface area contributed by atoms with E-state index in [1.807, 2.05) is 56.6 Å². The smallest absolute Gasteiger partial charge is 0.328 e. The molecular formula is C43H32N4O2. The van der Waals surface area contributed by atoms with Crippen LogP contribution in [0.15, 0.2) is 160 Å². The minimum absolute atomic E-state index is 0.0310. The molecule has 9 rings (SSSR count). The molecule has 1 unspecified atom stereocenters. The van der Waals surface area contributed by atoms with Gasteiger partial charge in [0.15, 0.2) is 0 Å². The Morgan fingerprint density at radius 2 is 1.22 bits per heavy atom. The monoisotopic (exact) mass is 636 g/mol. The van der Waals surface area contributed by atoms with Crippen molar-refractivity contribution in [1.29, 1.82) is 0 Å². The van der Waals surface area contributed by atoms with Crippen LogP contribution in [0.2, 0.25) is 0 Å². The predicted octanol–water partition coefficient (Wildman–Crippen LogP) is 9.24. The third-order valence-corrected chi connectivity index (χ3v) is 9.63. The number of hydrogen-bond donors (Lipinski definition) is 1. The molecule has 1 aliphatic heterocycles. The zero-order chi connectivity index (χ0) is 33.1. The van der Waals surface area contributed by atoms with Crippen LogP contribution < -0.4 is 11.0 Å². The van der Waals surface area contributed by atoms with E-state index in [9.17, 15) is 4.79 Å². The molecule has 1 aliphatic rings. The number of fused-ring (bicyclic) bond motifs is 4. The summed E-state index contributed by atoms with van der Waals surface area (Å²) in [5.41, 5.74) is 13.0. The Balaban J connectivity index is 1.08. The molecule has 6 nitrogen and oxygen atoms in total. The van der Waals surface area contributed by atoms with Crippen LogP contribution >= 0.6 is 0 Å². The highest BCUT2D eigenvalue weighted by Gasteiger charge is 2.20. The van der Waals surface area contributed by atoms with Crippen molar-refractivity contribution in [2.45, 2.75) is 6.17 Å². The molecule has 0 aliphatic carbocycles. The Hall–Kier alpha value is -6.40. The zero-order valence-corrected chi connectivity index (χ0v) is 27.1.